The summed E-state index contributed by atoms with van der Waals surface area (Å²) in [5, 5.41) is 22.4. The van der Waals surface area contributed by atoms with Gasteiger partial charge in [-0.2, -0.15) is 0 Å². The third-order valence-electron chi connectivity index (χ3n) is 3.35. The van der Waals surface area contributed by atoms with Gasteiger partial charge in [-0.25, -0.2) is 0 Å². The predicted octanol–water partition coefficient (Wildman–Crippen LogP) is 2.73. The lowest BCUT2D eigenvalue weighted by molar-refractivity contribution is -0.126. The molecule has 0 radical (unpaired) electrons. The Morgan fingerprint density at radius 3 is 2.20 bits per heavy atom. The lowest BCUT2D eigenvalue weighted by Crippen LogP contribution is -2.36. The van der Waals surface area contributed by atoms with E-state index >= 15 is 0 Å². The van der Waals surface area contributed by atoms with Crippen molar-refractivity contribution >= 4 is 5.91 Å². The van der Waals surface area contributed by atoms with E-state index in [0.29, 0.717) is 19.4 Å². The number of nitrogens with one attached hydrogen (secondary N) is 1. The van der Waals surface area contributed by atoms with Crippen LogP contribution < -0.4 is 5.32 Å². The molecule has 20 heavy (non-hydrogen) atoms. The molecule has 1 amide bonds. The lowest BCUT2D eigenvalue weighted by atomic mass is 9.89. The fourth-order valence-corrected chi connectivity index (χ4v) is 2.41. The van der Waals surface area contributed by atoms with Gasteiger partial charge in [0.05, 0.1) is 12.0 Å². The third kappa shape index (κ3) is 5.61. The van der Waals surface area contributed by atoms with Crippen LogP contribution in [0.15, 0.2) is 24.3 Å². The molecule has 0 spiro atoms. The molecule has 4 nitrogen and oxygen atoms in total. The summed E-state index contributed by atoms with van der Waals surface area (Å²) in [6.07, 6.45) is 3.16. The summed E-state index contributed by atoms with van der Waals surface area (Å²) >= 11 is 0. The van der Waals surface area contributed by atoms with E-state index < -0.39 is 5.60 Å². The molecule has 0 aliphatic rings. The molecule has 0 aliphatic heterocycles. The highest BCUT2D eigenvalue weighted by molar-refractivity contribution is 5.77. The maximum atomic E-state index is 11.9. The highest BCUT2D eigenvalue weighted by atomic mass is 16.3. The molecule has 1 rings (SSSR count). The molecule has 0 fully saturated rings. The van der Waals surface area contributed by atoms with Crippen LogP contribution in [0.4, 0.5) is 0 Å². The summed E-state index contributed by atoms with van der Waals surface area (Å²) in [7, 11) is 0. The van der Waals surface area contributed by atoms with E-state index in [4.69, 9.17) is 0 Å². The van der Waals surface area contributed by atoms with Gasteiger partial charge in [0.25, 0.3) is 0 Å². The number of phenols is 1. The van der Waals surface area contributed by atoms with Gasteiger partial charge in [0.15, 0.2) is 0 Å². The smallest absolute Gasteiger partial charge is 0.223 e. The Bertz CT molecular complexity index is 408. The first-order chi connectivity index (χ1) is 9.49. The number of carbonyl (C=O) groups is 1. The van der Waals surface area contributed by atoms with E-state index in [0.717, 1.165) is 18.4 Å². The molecule has 0 heterocycles. The Morgan fingerprint density at radius 1 is 1.15 bits per heavy atom. The first kappa shape index (κ1) is 16.5. The quantitative estimate of drug-likeness (QED) is 0.685. The van der Waals surface area contributed by atoms with Crippen molar-refractivity contribution < 1.29 is 15.0 Å². The zero-order chi connectivity index (χ0) is 15.0. The fraction of sp³-hybridized carbons (Fsp3) is 0.562. The first-order valence-corrected chi connectivity index (χ1v) is 7.26. The first-order valence-electron chi connectivity index (χ1n) is 7.26. The number of benzene rings is 1. The van der Waals surface area contributed by atoms with Gasteiger partial charge in [-0.15, -0.1) is 0 Å². The average Bonchev–Trinajstić information content (AvgIpc) is 2.38. The van der Waals surface area contributed by atoms with Crippen molar-refractivity contribution in [3.8, 4) is 5.75 Å². The van der Waals surface area contributed by atoms with Gasteiger partial charge < -0.3 is 15.5 Å². The molecule has 1 aromatic carbocycles. The highest BCUT2D eigenvalue weighted by Crippen LogP contribution is 2.23. The van der Waals surface area contributed by atoms with Crippen molar-refractivity contribution in [1.82, 2.24) is 5.32 Å². The van der Waals surface area contributed by atoms with E-state index in [1.807, 2.05) is 13.8 Å². The topological polar surface area (TPSA) is 69.6 Å². The third-order valence-corrected chi connectivity index (χ3v) is 3.35. The number of hydrogen-bond acceptors (Lipinski definition) is 3. The second-order valence-electron chi connectivity index (χ2n) is 5.34. The summed E-state index contributed by atoms with van der Waals surface area (Å²) in [5.41, 5.74) is 0.0355. The van der Waals surface area contributed by atoms with E-state index in [9.17, 15) is 15.0 Å². The van der Waals surface area contributed by atoms with Crippen molar-refractivity contribution in [2.45, 2.75) is 58.1 Å². The zero-order valence-corrected chi connectivity index (χ0v) is 12.4. The van der Waals surface area contributed by atoms with E-state index in [1.165, 1.54) is 0 Å². The summed E-state index contributed by atoms with van der Waals surface area (Å²) in [6.45, 7) is 4.43. The van der Waals surface area contributed by atoms with Crippen molar-refractivity contribution in [3.63, 3.8) is 0 Å². The van der Waals surface area contributed by atoms with Crippen LogP contribution in [0.2, 0.25) is 0 Å². The van der Waals surface area contributed by atoms with Gasteiger partial charge in [-0.05, 0) is 30.5 Å². The van der Waals surface area contributed by atoms with Crippen LogP contribution in [-0.4, -0.2) is 21.7 Å². The largest absolute Gasteiger partial charge is 0.508 e. The van der Waals surface area contributed by atoms with Crippen molar-refractivity contribution in [3.05, 3.63) is 29.8 Å². The Kier molecular flexibility index (Phi) is 6.52. The number of phenolic OH excluding ortho intramolecular Hbond substituents is 1. The van der Waals surface area contributed by atoms with Crippen molar-refractivity contribution in [2.75, 3.05) is 0 Å². The molecular weight excluding hydrogens is 254 g/mol. The Hall–Kier alpha value is -1.55. The molecule has 0 saturated heterocycles. The number of rotatable bonds is 8. The van der Waals surface area contributed by atoms with Gasteiger partial charge in [0, 0.05) is 6.54 Å². The monoisotopic (exact) mass is 279 g/mol. The summed E-state index contributed by atoms with van der Waals surface area (Å²) < 4.78 is 0. The van der Waals surface area contributed by atoms with Crippen LogP contribution in [0.5, 0.6) is 5.75 Å². The maximum absolute atomic E-state index is 11.9. The molecule has 4 heteroatoms. The number of aliphatic hydroxyl groups is 1. The van der Waals surface area contributed by atoms with E-state index in [1.54, 1.807) is 24.3 Å². The zero-order valence-electron chi connectivity index (χ0n) is 12.4. The molecule has 0 aromatic heterocycles. The Morgan fingerprint density at radius 2 is 1.70 bits per heavy atom. The normalized spacial score (nSPS) is 11.3. The van der Waals surface area contributed by atoms with Gasteiger partial charge in [-0.3, -0.25) is 4.79 Å². The predicted molar refractivity (Wildman–Crippen MR) is 79.3 cm³/mol. The molecule has 0 bridgehead atoms. The second-order valence-corrected chi connectivity index (χ2v) is 5.34. The number of amides is 1. The minimum Gasteiger partial charge on any atom is -0.508 e. The SMILES string of the molecule is CCCC(O)(CCC)CC(=O)NCc1ccc(O)cc1. The minimum atomic E-state index is -0.886. The minimum absolute atomic E-state index is 0.137. The standard InChI is InChI=1S/C16H25NO3/c1-3-9-16(20,10-4-2)11-15(19)17-12-13-5-7-14(18)8-6-13/h5-8,18,20H,3-4,9-12H2,1-2H3,(H,17,19). The molecule has 0 atom stereocenters. The van der Waals surface area contributed by atoms with Gasteiger partial charge >= 0.3 is 0 Å². The molecule has 3 N–H and O–H groups in total. The van der Waals surface area contributed by atoms with E-state index in [2.05, 4.69) is 5.32 Å². The van der Waals surface area contributed by atoms with Crippen molar-refractivity contribution in [2.24, 2.45) is 0 Å². The average molecular weight is 279 g/mol. The molecule has 0 aliphatic carbocycles. The Balaban J connectivity index is 2.47. The van der Waals surface area contributed by atoms with Gasteiger partial charge in [-0.1, -0.05) is 38.8 Å². The van der Waals surface area contributed by atoms with Crippen LogP contribution in [0, 0.1) is 0 Å². The number of hydrogen-bond donors (Lipinski definition) is 3. The van der Waals surface area contributed by atoms with Crippen LogP contribution in [0.3, 0.4) is 0 Å². The van der Waals surface area contributed by atoms with E-state index in [-0.39, 0.29) is 18.1 Å². The fourth-order valence-electron chi connectivity index (χ4n) is 2.41. The highest BCUT2D eigenvalue weighted by Gasteiger charge is 2.27. The molecule has 1 aromatic rings. The summed E-state index contributed by atoms with van der Waals surface area (Å²) in [6, 6.07) is 6.71. The van der Waals surface area contributed by atoms with Crippen LogP contribution >= 0.6 is 0 Å². The van der Waals surface area contributed by atoms with Gasteiger partial charge in [0.2, 0.25) is 5.91 Å². The van der Waals surface area contributed by atoms with Crippen molar-refractivity contribution in [1.29, 1.82) is 0 Å². The molecular formula is C16H25NO3. The summed E-state index contributed by atoms with van der Waals surface area (Å²) in [4.78, 5) is 11.9. The van der Waals surface area contributed by atoms with Crippen LogP contribution in [-0.2, 0) is 11.3 Å². The number of carbonyl (C=O) groups excluding carboxylic acids is 1. The second kappa shape index (κ2) is 7.90. The Labute approximate surface area is 120 Å². The van der Waals surface area contributed by atoms with Gasteiger partial charge in [0.1, 0.15) is 5.75 Å². The van der Waals surface area contributed by atoms with Crippen LogP contribution in [0.1, 0.15) is 51.5 Å². The maximum Gasteiger partial charge on any atom is 0.223 e. The van der Waals surface area contributed by atoms with Crippen LogP contribution in [0.25, 0.3) is 0 Å². The lowest BCUT2D eigenvalue weighted by Gasteiger charge is -2.26. The molecule has 0 unspecified atom stereocenters. The molecule has 0 saturated carbocycles. The molecule has 112 valence electrons. The number of aromatic hydroxyl groups is 1. The summed E-state index contributed by atoms with van der Waals surface area (Å²) in [5.74, 6) is 0.0721.